The Morgan fingerprint density at radius 1 is 1.36 bits per heavy atom. The van der Waals surface area contributed by atoms with Crippen molar-refractivity contribution in [3.63, 3.8) is 0 Å². The smallest absolute Gasteiger partial charge is 0.0110 e. The van der Waals surface area contributed by atoms with Gasteiger partial charge in [0.1, 0.15) is 0 Å². The molecule has 0 aromatic rings. The summed E-state index contributed by atoms with van der Waals surface area (Å²) in [5.41, 5.74) is 0. The van der Waals surface area contributed by atoms with Gasteiger partial charge in [-0.2, -0.15) is 0 Å². The summed E-state index contributed by atoms with van der Waals surface area (Å²) in [6.45, 7) is 9.72. The van der Waals surface area contributed by atoms with E-state index in [1.165, 1.54) is 32.6 Å². The van der Waals surface area contributed by atoms with Crippen molar-refractivity contribution >= 4 is 0 Å². The predicted octanol–water partition coefficient (Wildman–Crippen LogP) is 1.03. The van der Waals surface area contributed by atoms with Crippen LogP contribution in [0.1, 0.15) is 20.3 Å². The van der Waals surface area contributed by atoms with Crippen LogP contribution in [-0.2, 0) is 0 Å². The van der Waals surface area contributed by atoms with E-state index in [9.17, 15) is 0 Å². The standard InChI is InChI=1S/C9H20N2/c1-9(2)10(3)5-4-6-11-7-8-11/h9H,4-8H2,1-3H3. The third-order valence-corrected chi connectivity index (χ3v) is 2.41. The van der Waals surface area contributed by atoms with Gasteiger partial charge in [0, 0.05) is 19.1 Å². The lowest BCUT2D eigenvalue weighted by Crippen LogP contribution is -2.28. The molecule has 0 unspecified atom stereocenters. The van der Waals surface area contributed by atoms with Gasteiger partial charge in [0.25, 0.3) is 0 Å². The Hall–Kier alpha value is -0.0800. The molecule has 1 aliphatic heterocycles. The van der Waals surface area contributed by atoms with Crippen LogP contribution in [0, 0.1) is 0 Å². The summed E-state index contributed by atoms with van der Waals surface area (Å²) < 4.78 is 0. The molecule has 2 nitrogen and oxygen atoms in total. The van der Waals surface area contributed by atoms with Gasteiger partial charge in [-0.15, -0.1) is 0 Å². The molecule has 0 bridgehead atoms. The maximum Gasteiger partial charge on any atom is 0.0110 e. The van der Waals surface area contributed by atoms with Crippen LogP contribution in [0.5, 0.6) is 0 Å². The quantitative estimate of drug-likeness (QED) is 0.548. The summed E-state index contributed by atoms with van der Waals surface area (Å²) in [6, 6.07) is 0.698. The highest BCUT2D eigenvalue weighted by atomic mass is 15.3. The number of hydrogen-bond donors (Lipinski definition) is 0. The van der Waals surface area contributed by atoms with Crippen molar-refractivity contribution in [1.82, 2.24) is 9.80 Å². The molecule has 0 N–H and O–H groups in total. The lowest BCUT2D eigenvalue weighted by molar-refractivity contribution is 0.264. The first kappa shape index (κ1) is 9.01. The molecule has 0 aliphatic carbocycles. The number of rotatable bonds is 5. The van der Waals surface area contributed by atoms with Crippen LogP contribution >= 0.6 is 0 Å². The molecule has 0 amide bonds. The summed E-state index contributed by atoms with van der Waals surface area (Å²) in [4.78, 5) is 4.89. The highest BCUT2D eigenvalue weighted by Crippen LogP contribution is 2.04. The molecule has 0 atom stereocenters. The largest absolute Gasteiger partial charge is 0.304 e. The molecule has 0 radical (unpaired) electrons. The molecule has 1 fully saturated rings. The van der Waals surface area contributed by atoms with Gasteiger partial charge < -0.3 is 9.80 Å². The van der Waals surface area contributed by atoms with Gasteiger partial charge in [0.15, 0.2) is 0 Å². The van der Waals surface area contributed by atoms with Crippen molar-refractivity contribution in [2.24, 2.45) is 0 Å². The fourth-order valence-electron chi connectivity index (χ4n) is 1.10. The zero-order valence-electron chi connectivity index (χ0n) is 8.01. The Labute approximate surface area is 70.2 Å². The highest BCUT2D eigenvalue weighted by molar-refractivity contribution is 4.72. The minimum atomic E-state index is 0.698. The lowest BCUT2D eigenvalue weighted by atomic mass is 10.3. The molecular weight excluding hydrogens is 136 g/mol. The SMILES string of the molecule is CC(C)N(C)CCCN1CC1. The first-order chi connectivity index (χ1) is 5.20. The molecule has 0 aromatic carbocycles. The van der Waals surface area contributed by atoms with Crippen molar-refractivity contribution in [3.8, 4) is 0 Å². The van der Waals surface area contributed by atoms with Crippen LogP contribution in [0.4, 0.5) is 0 Å². The molecule has 1 saturated heterocycles. The molecule has 1 heterocycles. The van der Waals surface area contributed by atoms with E-state index >= 15 is 0 Å². The lowest BCUT2D eigenvalue weighted by Gasteiger charge is -2.20. The van der Waals surface area contributed by atoms with E-state index in [1.807, 2.05) is 0 Å². The third-order valence-electron chi connectivity index (χ3n) is 2.41. The predicted molar refractivity (Wildman–Crippen MR) is 48.8 cm³/mol. The van der Waals surface area contributed by atoms with E-state index in [4.69, 9.17) is 0 Å². The monoisotopic (exact) mass is 156 g/mol. The summed E-state index contributed by atoms with van der Waals surface area (Å²) >= 11 is 0. The Morgan fingerprint density at radius 2 is 2.00 bits per heavy atom. The second kappa shape index (κ2) is 4.07. The second-order valence-electron chi connectivity index (χ2n) is 3.77. The molecule has 0 saturated carbocycles. The van der Waals surface area contributed by atoms with Crippen molar-refractivity contribution in [3.05, 3.63) is 0 Å². The Bertz CT molecular complexity index is 108. The van der Waals surface area contributed by atoms with E-state index in [-0.39, 0.29) is 0 Å². The minimum Gasteiger partial charge on any atom is -0.304 e. The second-order valence-corrected chi connectivity index (χ2v) is 3.77. The molecule has 2 heteroatoms. The minimum absolute atomic E-state index is 0.698. The van der Waals surface area contributed by atoms with Gasteiger partial charge in [0.05, 0.1) is 0 Å². The summed E-state index contributed by atoms with van der Waals surface area (Å²) in [7, 11) is 2.20. The van der Waals surface area contributed by atoms with Gasteiger partial charge in [-0.05, 0) is 40.4 Å². The first-order valence-electron chi connectivity index (χ1n) is 4.63. The van der Waals surface area contributed by atoms with Gasteiger partial charge >= 0.3 is 0 Å². The average Bonchev–Trinajstić information content (AvgIpc) is 2.71. The molecular formula is C9H20N2. The van der Waals surface area contributed by atoms with Crippen LogP contribution in [0.25, 0.3) is 0 Å². The Balaban J connectivity index is 1.92. The van der Waals surface area contributed by atoms with Gasteiger partial charge in [-0.1, -0.05) is 0 Å². The topological polar surface area (TPSA) is 6.25 Å². The van der Waals surface area contributed by atoms with Crippen molar-refractivity contribution in [2.75, 3.05) is 33.2 Å². The average molecular weight is 156 g/mol. The Kier molecular flexibility index (Phi) is 3.34. The summed E-state index contributed by atoms with van der Waals surface area (Å²) in [6.07, 6.45) is 1.33. The van der Waals surface area contributed by atoms with Crippen molar-refractivity contribution < 1.29 is 0 Å². The van der Waals surface area contributed by atoms with Crippen molar-refractivity contribution in [2.45, 2.75) is 26.3 Å². The zero-order valence-corrected chi connectivity index (χ0v) is 8.01. The molecule has 0 spiro atoms. The van der Waals surface area contributed by atoms with E-state index in [0.29, 0.717) is 6.04 Å². The van der Waals surface area contributed by atoms with Crippen LogP contribution < -0.4 is 0 Å². The van der Waals surface area contributed by atoms with Gasteiger partial charge in [-0.25, -0.2) is 0 Å². The maximum absolute atomic E-state index is 2.48. The Morgan fingerprint density at radius 3 is 2.45 bits per heavy atom. The van der Waals surface area contributed by atoms with Crippen LogP contribution in [0.2, 0.25) is 0 Å². The van der Waals surface area contributed by atoms with E-state index in [2.05, 4.69) is 30.7 Å². The summed E-state index contributed by atoms with van der Waals surface area (Å²) in [5, 5.41) is 0. The molecule has 1 aliphatic rings. The maximum atomic E-state index is 2.48. The van der Waals surface area contributed by atoms with Crippen LogP contribution in [0.3, 0.4) is 0 Å². The number of hydrogen-bond acceptors (Lipinski definition) is 2. The van der Waals surface area contributed by atoms with Gasteiger partial charge in [-0.3, -0.25) is 0 Å². The molecule has 1 rings (SSSR count). The first-order valence-corrected chi connectivity index (χ1v) is 4.63. The van der Waals surface area contributed by atoms with Crippen LogP contribution in [-0.4, -0.2) is 49.1 Å². The zero-order chi connectivity index (χ0) is 8.27. The number of nitrogens with zero attached hydrogens (tertiary/aromatic N) is 2. The van der Waals surface area contributed by atoms with Crippen molar-refractivity contribution in [1.29, 1.82) is 0 Å². The highest BCUT2D eigenvalue weighted by Gasteiger charge is 2.15. The van der Waals surface area contributed by atoms with Gasteiger partial charge in [0.2, 0.25) is 0 Å². The van der Waals surface area contributed by atoms with E-state index < -0.39 is 0 Å². The third kappa shape index (κ3) is 3.73. The molecule has 11 heavy (non-hydrogen) atoms. The molecule has 0 aromatic heterocycles. The molecule has 66 valence electrons. The van der Waals surface area contributed by atoms with E-state index in [1.54, 1.807) is 0 Å². The normalized spacial score (nSPS) is 18.3. The fraction of sp³-hybridized carbons (Fsp3) is 1.00. The summed E-state index contributed by atoms with van der Waals surface area (Å²) in [5.74, 6) is 0. The van der Waals surface area contributed by atoms with Crippen LogP contribution in [0.15, 0.2) is 0 Å². The fourth-order valence-corrected chi connectivity index (χ4v) is 1.10. The van der Waals surface area contributed by atoms with E-state index in [0.717, 1.165) is 0 Å².